The monoisotopic (exact) mass is 413 g/mol. The lowest BCUT2D eigenvalue weighted by molar-refractivity contribution is -0.115. The van der Waals surface area contributed by atoms with Gasteiger partial charge in [0, 0.05) is 22.8 Å². The number of carbonyl (C=O) groups is 1. The van der Waals surface area contributed by atoms with Crippen LogP contribution in [0.1, 0.15) is 16.7 Å². The Labute approximate surface area is 179 Å². The van der Waals surface area contributed by atoms with E-state index in [4.69, 9.17) is 10.00 Å². The van der Waals surface area contributed by atoms with E-state index in [1.165, 1.54) is 12.1 Å². The average molecular weight is 413 g/mol. The van der Waals surface area contributed by atoms with Crippen LogP contribution in [0, 0.1) is 17.1 Å². The number of hydrogen-bond donors (Lipinski definition) is 2. The highest BCUT2D eigenvalue weighted by Crippen LogP contribution is 2.21. The highest BCUT2D eigenvalue weighted by molar-refractivity contribution is 5.95. The first-order valence-corrected chi connectivity index (χ1v) is 9.84. The Morgan fingerprint density at radius 3 is 2.71 bits per heavy atom. The molecule has 6 heteroatoms. The Balaban J connectivity index is 1.37. The maximum absolute atomic E-state index is 13.5. The number of nitrogens with zero attached hydrogens (tertiary/aromatic N) is 1. The normalized spacial score (nSPS) is 10.6. The molecule has 1 heterocycles. The maximum Gasteiger partial charge on any atom is 0.228 e. The van der Waals surface area contributed by atoms with Crippen molar-refractivity contribution in [3.8, 4) is 11.8 Å². The number of ether oxygens (including phenoxy) is 1. The van der Waals surface area contributed by atoms with Gasteiger partial charge in [0.25, 0.3) is 0 Å². The molecule has 0 spiro atoms. The molecule has 0 saturated heterocycles. The molecule has 4 rings (SSSR count). The summed E-state index contributed by atoms with van der Waals surface area (Å²) in [7, 11) is 0. The van der Waals surface area contributed by atoms with Crippen molar-refractivity contribution in [1.29, 1.82) is 5.26 Å². The van der Waals surface area contributed by atoms with Gasteiger partial charge in [0.05, 0.1) is 18.9 Å². The van der Waals surface area contributed by atoms with E-state index in [0.717, 1.165) is 22.2 Å². The van der Waals surface area contributed by atoms with Gasteiger partial charge in [0.15, 0.2) is 0 Å². The second-order valence-corrected chi connectivity index (χ2v) is 7.20. The number of nitriles is 1. The first-order valence-electron chi connectivity index (χ1n) is 9.84. The smallest absolute Gasteiger partial charge is 0.228 e. The van der Waals surface area contributed by atoms with Crippen LogP contribution in [0.3, 0.4) is 0 Å². The van der Waals surface area contributed by atoms with E-state index < -0.39 is 0 Å². The van der Waals surface area contributed by atoms with Gasteiger partial charge in [-0.1, -0.05) is 24.3 Å². The molecule has 0 aliphatic rings. The fraction of sp³-hybridized carbons (Fsp3) is 0.120. The van der Waals surface area contributed by atoms with Crippen LogP contribution < -0.4 is 10.1 Å². The highest BCUT2D eigenvalue weighted by Gasteiger charge is 2.10. The van der Waals surface area contributed by atoms with Crippen LogP contribution in [0.5, 0.6) is 5.75 Å². The summed E-state index contributed by atoms with van der Waals surface area (Å²) < 4.78 is 19.3. The molecular formula is C25H20FN3O2. The second-order valence-electron chi connectivity index (χ2n) is 7.20. The van der Waals surface area contributed by atoms with Crippen LogP contribution in [0.2, 0.25) is 0 Å². The molecule has 2 N–H and O–H groups in total. The number of aromatic nitrogens is 1. The third-order valence-electron chi connectivity index (χ3n) is 4.90. The van der Waals surface area contributed by atoms with Crippen molar-refractivity contribution in [2.24, 2.45) is 0 Å². The number of nitrogens with one attached hydrogen (secondary N) is 2. The fourth-order valence-electron chi connectivity index (χ4n) is 3.38. The van der Waals surface area contributed by atoms with Crippen LogP contribution in [0.4, 0.5) is 10.1 Å². The second kappa shape index (κ2) is 9.14. The molecule has 0 radical (unpaired) electrons. The zero-order valence-corrected chi connectivity index (χ0v) is 16.7. The van der Waals surface area contributed by atoms with Gasteiger partial charge in [0.2, 0.25) is 5.91 Å². The van der Waals surface area contributed by atoms with Crippen LogP contribution in [-0.4, -0.2) is 10.9 Å². The summed E-state index contributed by atoms with van der Waals surface area (Å²) in [4.78, 5) is 15.6. The maximum atomic E-state index is 13.5. The summed E-state index contributed by atoms with van der Waals surface area (Å²) in [6.45, 7) is 0.350. The van der Waals surface area contributed by atoms with Crippen LogP contribution in [0.15, 0.2) is 72.9 Å². The fourth-order valence-corrected chi connectivity index (χ4v) is 3.38. The third-order valence-corrected chi connectivity index (χ3v) is 4.90. The van der Waals surface area contributed by atoms with E-state index >= 15 is 0 Å². The van der Waals surface area contributed by atoms with Crippen molar-refractivity contribution in [1.82, 2.24) is 4.98 Å². The number of H-pyrrole nitrogens is 1. The molecule has 0 fully saturated rings. The van der Waals surface area contributed by atoms with Crippen molar-refractivity contribution in [3.05, 3.63) is 95.4 Å². The lowest BCUT2D eigenvalue weighted by Gasteiger charge is -2.09. The largest absolute Gasteiger partial charge is 0.489 e. The Bertz CT molecular complexity index is 1260. The summed E-state index contributed by atoms with van der Waals surface area (Å²) in [6, 6.07) is 21.4. The van der Waals surface area contributed by atoms with Gasteiger partial charge in [0.1, 0.15) is 18.2 Å². The summed E-state index contributed by atoms with van der Waals surface area (Å²) in [5.41, 5.74) is 4.06. The molecule has 0 unspecified atom stereocenters. The minimum atomic E-state index is -0.332. The molecule has 0 aliphatic heterocycles. The molecule has 5 nitrogen and oxygen atoms in total. The van der Waals surface area contributed by atoms with Crippen molar-refractivity contribution < 1.29 is 13.9 Å². The van der Waals surface area contributed by atoms with E-state index in [1.807, 2.05) is 48.5 Å². The first kappa shape index (κ1) is 20.2. The zero-order chi connectivity index (χ0) is 21.6. The number of benzene rings is 3. The van der Waals surface area contributed by atoms with Crippen LogP contribution >= 0.6 is 0 Å². The van der Waals surface area contributed by atoms with Crippen LogP contribution in [0.25, 0.3) is 10.9 Å². The van der Waals surface area contributed by atoms with Crippen molar-refractivity contribution in [2.75, 3.05) is 5.32 Å². The van der Waals surface area contributed by atoms with E-state index in [-0.39, 0.29) is 18.1 Å². The molecule has 0 saturated carbocycles. The highest BCUT2D eigenvalue weighted by atomic mass is 19.1. The molecular weight excluding hydrogens is 393 g/mol. The summed E-state index contributed by atoms with van der Waals surface area (Å²) in [6.07, 6.45) is 2.24. The van der Waals surface area contributed by atoms with Crippen molar-refractivity contribution >= 4 is 22.5 Å². The van der Waals surface area contributed by atoms with Crippen LogP contribution in [-0.2, 0) is 24.2 Å². The van der Waals surface area contributed by atoms with Crippen molar-refractivity contribution in [3.63, 3.8) is 0 Å². The molecule has 4 aromatic rings. The number of rotatable bonds is 7. The third kappa shape index (κ3) is 5.09. The average Bonchev–Trinajstić information content (AvgIpc) is 3.15. The molecule has 0 aliphatic carbocycles. The standard InChI is InChI=1S/C25H20FN3O2/c26-20-6-9-24-23(14-20)19(15-28-24)13-25(30)29-21-3-1-2-18(12-21)16-31-22-7-4-17(5-8-22)10-11-27/h1-9,12,14-15,28H,10,13,16H2,(H,29,30). The quantitative estimate of drug-likeness (QED) is 0.441. The lowest BCUT2D eigenvalue weighted by atomic mass is 10.1. The molecule has 154 valence electrons. The van der Waals surface area contributed by atoms with E-state index in [9.17, 15) is 9.18 Å². The summed E-state index contributed by atoms with van der Waals surface area (Å²) >= 11 is 0. The van der Waals surface area contributed by atoms with Gasteiger partial charge < -0.3 is 15.0 Å². The predicted molar refractivity (Wildman–Crippen MR) is 117 cm³/mol. The van der Waals surface area contributed by atoms with Gasteiger partial charge in [-0.3, -0.25) is 4.79 Å². The number of amides is 1. The Morgan fingerprint density at radius 1 is 1.06 bits per heavy atom. The number of aromatic amines is 1. The van der Waals surface area contributed by atoms with Gasteiger partial charge in [-0.05, 0) is 59.2 Å². The molecule has 1 aromatic heterocycles. The minimum Gasteiger partial charge on any atom is -0.489 e. The minimum absolute atomic E-state index is 0.138. The topological polar surface area (TPSA) is 77.9 Å². The molecule has 3 aromatic carbocycles. The zero-order valence-electron chi connectivity index (χ0n) is 16.7. The Hall–Kier alpha value is -4.11. The molecule has 31 heavy (non-hydrogen) atoms. The SMILES string of the molecule is N#CCc1ccc(OCc2cccc(NC(=O)Cc3c[nH]c4ccc(F)cc34)c2)cc1. The van der Waals surface area contributed by atoms with Gasteiger partial charge in [-0.2, -0.15) is 5.26 Å². The number of halogens is 1. The van der Waals surface area contributed by atoms with Crippen molar-refractivity contribution in [2.45, 2.75) is 19.4 Å². The first-order chi connectivity index (χ1) is 15.1. The molecule has 0 bridgehead atoms. The van der Waals surface area contributed by atoms with E-state index in [0.29, 0.717) is 29.9 Å². The predicted octanol–water partition coefficient (Wildman–Crippen LogP) is 5.13. The van der Waals surface area contributed by atoms with Gasteiger partial charge >= 0.3 is 0 Å². The number of carbonyl (C=O) groups excluding carboxylic acids is 1. The lowest BCUT2D eigenvalue weighted by Crippen LogP contribution is -2.14. The summed E-state index contributed by atoms with van der Waals surface area (Å²) in [5.74, 6) is 0.195. The number of fused-ring (bicyclic) bond motifs is 1. The van der Waals surface area contributed by atoms with Gasteiger partial charge in [-0.15, -0.1) is 0 Å². The summed E-state index contributed by atoms with van der Waals surface area (Å²) in [5, 5.41) is 12.3. The Kier molecular flexibility index (Phi) is 5.95. The van der Waals surface area contributed by atoms with E-state index in [2.05, 4.69) is 16.4 Å². The number of anilines is 1. The number of hydrogen-bond acceptors (Lipinski definition) is 3. The van der Waals surface area contributed by atoms with Gasteiger partial charge in [-0.25, -0.2) is 4.39 Å². The Morgan fingerprint density at radius 2 is 1.90 bits per heavy atom. The van der Waals surface area contributed by atoms with E-state index in [1.54, 1.807) is 12.3 Å². The molecule has 1 amide bonds. The molecule has 0 atom stereocenters.